The van der Waals surface area contributed by atoms with Crippen LogP contribution in [0.3, 0.4) is 0 Å². The van der Waals surface area contributed by atoms with Crippen molar-refractivity contribution in [3.8, 4) is 0 Å². The lowest BCUT2D eigenvalue weighted by Crippen LogP contribution is -2.37. The highest BCUT2D eigenvalue weighted by Crippen LogP contribution is 2.11. The molecule has 0 aromatic rings. The summed E-state index contributed by atoms with van der Waals surface area (Å²) in [5.41, 5.74) is 0. The highest BCUT2D eigenvalue weighted by molar-refractivity contribution is 5.87. The predicted octanol–water partition coefficient (Wildman–Crippen LogP) is 1.30. The van der Waals surface area contributed by atoms with Crippen LogP contribution in [0.1, 0.15) is 27.7 Å². The Bertz CT molecular complexity index is 312. The van der Waals surface area contributed by atoms with E-state index in [2.05, 4.69) is 12.2 Å². The first-order valence-electron chi connectivity index (χ1n) is 5.73. The maximum Gasteiger partial charge on any atom is 0.410 e. The van der Waals surface area contributed by atoms with Gasteiger partial charge in [0, 0.05) is 12.8 Å². The molecule has 0 aliphatic rings. The van der Waals surface area contributed by atoms with Crippen molar-refractivity contribution in [2.24, 2.45) is 11.8 Å². The first kappa shape index (κ1) is 16.4. The summed E-state index contributed by atoms with van der Waals surface area (Å²) in [5.74, 6) is -1.38. The van der Waals surface area contributed by atoms with E-state index in [0.717, 1.165) is 0 Å². The summed E-state index contributed by atoms with van der Waals surface area (Å²) in [5, 5.41) is 2.21. The van der Waals surface area contributed by atoms with E-state index in [0.29, 0.717) is 0 Å². The van der Waals surface area contributed by atoms with Crippen molar-refractivity contribution in [3.63, 3.8) is 0 Å². The predicted molar refractivity (Wildman–Crippen MR) is 64.4 cm³/mol. The molecule has 6 heteroatoms. The first-order valence-corrected chi connectivity index (χ1v) is 5.73. The lowest BCUT2D eigenvalue weighted by molar-refractivity contribution is -0.178. The highest BCUT2D eigenvalue weighted by atomic mass is 16.7. The number of rotatable bonds is 6. The molecule has 0 bridgehead atoms. The van der Waals surface area contributed by atoms with E-state index >= 15 is 0 Å². The number of amides is 1. The molecule has 0 aromatic heterocycles. The number of esters is 1. The monoisotopic (exact) mass is 258 g/mol. The Morgan fingerprint density at radius 2 is 1.67 bits per heavy atom. The zero-order valence-corrected chi connectivity index (χ0v) is 11.2. The number of carbonyl (C=O) groups is 3. The van der Waals surface area contributed by atoms with E-state index in [1.165, 1.54) is 0 Å². The second-order valence-corrected chi connectivity index (χ2v) is 4.50. The lowest BCUT2D eigenvalue weighted by atomic mass is 10.2. The molecule has 103 valence electrons. The Morgan fingerprint density at radius 1 is 1.11 bits per heavy atom. The van der Waals surface area contributed by atoms with E-state index in [4.69, 9.17) is 9.47 Å². The first-order chi connectivity index (χ1) is 8.23. The molecular formula is C12H20NO5. The molecule has 0 unspecified atom stereocenters. The summed E-state index contributed by atoms with van der Waals surface area (Å²) in [4.78, 5) is 33.3. The van der Waals surface area contributed by atoms with Crippen molar-refractivity contribution in [2.45, 2.75) is 34.0 Å². The molecule has 0 fully saturated rings. The third-order valence-electron chi connectivity index (χ3n) is 1.90. The quantitative estimate of drug-likeness (QED) is 0.573. The van der Waals surface area contributed by atoms with Crippen LogP contribution in [-0.2, 0) is 19.1 Å². The van der Waals surface area contributed by atoms with Gasteiger partial charge in [-0.15, -0.1) is 0 Å². The van der Waals surface area contributed by atoms with E-state index in [1.54, 1.807) is 27.7 Å². The van der Waals surface area contributed by atoms with Gasteiger partial charge in [0.05, 0.1) is 12.5 Å². The number of ketones is 1. The van der Waals surface area contributed by atoms with Crippen molar-refractivity contribution in [3.05, 3.63) is 6.92 Å². The molecule has 1 amide bonds. The Morgan fingerprint density at radius 3 is 2.06 bits per heavy atom. The van der Waals surface area contributed by atoms with Gasteiger partial charge in [-0.1, -0.05) is 27.7 Å². The van der Waals surface area contributed by atoms with Gasteiger partial charge in [-0.05, 0) is 0 Å². The van der Waals surface area contributed by atoms with Gasteiger partial charge in [-0.2, -0.15) is 0 Å². The maximum absolute atomic E-state index is 11.4. The fraction of sp³-hybridized carbons (Fsp3) is 0.667. The van der Waals surface area contributed by atoms with E-state index in [-0.39, 0.29) is 18.4 Å². The Hall–Kier alpha value is -1.59. The molecule has 1 N–H and O–H groups in total. The molecule has 0 heterocycles. The number of alkyl carbamates (subject to hydrolysis) is 1. The molecule has 6 nitrogen and oxygen atoms in total. The Kier molecular flexibility index (Phi) is 7.00. The summed E-state index contributed by atoms with van der Waals surface area (Å²) in [6.07, 6.45) is -1.79. The molecular weight excluding hydrogens is 238 g/mol. The normalized spacial score (nSPS) is 12.2. The van der Waals surface area contributed by atoms with Crippen LogP contribution in [0.15, 0.2) is 0 Å². The third kappa shape index (κ3) is 6.88. The second-order valence-electron chi connectivity index (χ2n) is 4.50. The van der Waals surface area contributed by atoms with Gasteiger partial charge < -0.3 is 14.8 Å². The minimum absolute atomic E-state index is 0.186. The smallest absolute Gasteiger partial charge is 0.410 e. The summed E-state index contributed by atoms with van der Waals surface area (Å²) in [6, 6.07) is 0. The SMILES string of the molecule is [CH2]C(=O)CNC(=O)O[C@@H](OC(=O)C(C)C)C(C)C. The van der Waals surface area contributed by atoms with Crippen molar-refractivity contribution in [1.29, 1.82) is 0 Å². The summed E-state index contributed by atoms with van der Waals surface area (Å²) >= 11 is 0. The second kappa shape index (κ2) is 7.68. The van der Waals surface area contributed by atoms with Gasteiger partial charge in [0.2, 0.25) is 0 Å². The van der Waals surface area contributed by atoms with Crippen LogP contribution in [0.2, 0.25) is 0 Å². The number of Topliss-reactive ketones (excluding diaryl/α,β-unsaturated/α-hetero) is 1. The van der Waals surface area contributed by atoms with Gasteiger partial charge >= 0.3 is 12.1 Å². The van der Waals surface area contributed by atoms with Crippen LogP contribution in [0.25, 0.3) is 0 Å². The standard InChI is InChI=1S/C12H20NO5/c1-7(2)10(15)17-11(8(3)4)18-12(16)13-6-9(5)14/h7-8,11H,5-6H2,1-4H3,(H,13,16)/t11-/m1/s1. The molecule has 0 aromatic carbocycles. The molecule has 0 spiro atoms. The highest BCUT2D eigenvalue weighted by Gasteiger charge is 2.24. The van der Waals surface area contributed by atoms with Crippen LogP contribution in [0.4, 0.5) is 4.79 Å². The van der Waals surface area contributed by atoms with Crippen LogP contribution >= 0.6 is 0 Å². The molecule has 0 rings (SSSR count). The zero-order valence-electron chi connectivity index (χ0n) is 11.2. The molecule has 1 radical (unpaired) electrons. The lowest BCUT2D eigenvalue weighted by Gasteiger charge is -2.22. The summed E-state index contributed by atoms with van der Waals surface area (Å²) < 4.78 is 9.94. The minimum Gasteiger partial charge on any atom is -0.425 e. The van der Waals surface area contributed by atoms with Crippen LogP contribution in [0, 0.1) is 18.8 Å². The number of carbonyl (C=O) groups excluding carboxylic acids is 3. The van der Waals surface area contributed by atoms with Crippen molar-refractivity contribution >= 4 is 17.8 Å². The van der Waals surface area contributed by atoms with Crippen molar-refractivity contribution in [1.82, 2.24) is 5.32 Å². The number of hydrogen-bond donors (Lipinski definition) is 1. The number of nitrogens with one attached hydrogen (secondary N) is 1. The minimum atomic E-state index is -0.972. The van der Waals surface area contributed by atoms with Crippen molar-refractivity contribution in [2.75, 3.05) is 6.54 Å². The molecule has 0 saturated heterocycles. The topological polar surface area (TPSA) is 81.7 Å². The Balaban J connectivity index is 4.31. The van der Waals surface area contributed by atoms with Gasteiger partial charge in [0.1, 0.15) is 0 Å². The summed E-state index contributed by atoms with van der Waals surface area (Å²) in [6.45, 7) is 9.74. The van der Waals surface area contributed by atoms with Gasteiger partial charge in [0.15, 0.2) is 5.78 Å². The zero-order chi connectivity index (χ0) is 14.3. The van der Waals surface area contributed by atoms with Crippen molar-refractivity contribution < 1.29 is 23.9 Å². The summed E-state index contributed by atoms with van der Waals surface area (Å²) in [7, 11) is 0. The van der Waals surface area contributed by atoms with E-state index < -0.39 is 24.1 Å². The average Bonchev–Trinajstić information content (AvgIpc) is 2.24. The van der Waals surface area contributed by atoms with Crippen LogP contribution in [-0.4, -0.2) is 30.7 Å². The fourth-order valence-electron chi connectivity index (χ4n) is 0.865. The largest absolute Gasteiger partial charge is 0.425 e. The fourth-order valence-corrected chi connectivity index (χ4v) is 0.865. The van der Waals surface area contributed by atoms with E-state index in [1.807, 2.05) is 0 Å². The third-order valence-corrected chi connectivity index (χ3v) is 1.90. The Labute approximate surface area is 107 Å². The van der Waals surface area contributed by atoms with Gasteiger partial charge in [-0.3, -0.25) is 9.59 Å². The van der Waals surface area contributed by atoms with Crippen LogP contribution < -0.4 is 5.32 Å². The molecule has 0 aliphatic heterocycles. The molecule has 1 atom stereocenters. The van der Waals surface area contributed by atoms with E-state index in [9.17, 15) is 14.4 Å². The van der Waals surface area contributed by atoms with Gasteiger partial charge in [-0.25, -0.2) is 4.79 Å². The maximum atomic E-state index is 11.4. The van der Waals surface area contributed by atoms with Gasteiger partial charge in [0.25, 0.3) is 6.29 Å². The number of hydrogen-bond acceptors (Lipinski definition) is 5. The van der Waals surface area contributed by atoms with Crippen LogP contribution in [0.5, 0.6) is 0 Å². The molecule has 18 heavy (non-hydrogen) atoms. The molecule has 0 aliphatic carbocycles. The number of ether oxygens (including phenoxy) is 2. The molecule has 0 saturated carbocycles. The average molecular weight is 258 g/mol.